The normalized spacial score (nSPS) is 23.4. The molecule has 0 spiro atoms. The van der Waals surface area contributed by atoms with E-state index in [4.69, 9.17) is 4.74 Å². The Morgan fingerprint density at radius 3 is 1.77 bits per heavy atom. The van der Waals surface area contributed by atoms with Crippen molar-refractivity contribution >= 4 is 5.97 Å². The Balaban J connectivity index is 1.17. The third kappa shape index (κ3) is 9.72. The molecule has 0 N–H and O–H groups in total. The second-order valence-corrected chi connectivity index (χ2v) is 12.5. The summed E-state index contributed by atoms with van der Waals surface area (Å²) < 4.78 is 5.74. The molecule has 0 unspecified atom stereocenters. The summed E-state index contributed by atoms with van der Waals surface area (Å²) in [5.41, 5.74) is 2.18. The topological polar surface area (TPSA) is 52.1 Å². The van der Waals surface area contributed by atoms with Crippen molar-refractivity contribution in [3.8, 4) is 17.1 Å². The van der Waals surface area contributed by atoms with Crippen LogP contribution in [0.5, 0.6) is 5.75 Å². The highest BCUT2D eigenvalue weighted by atomic mass is 16.5. The molecular weight excluding hydrogens is 480 g/mol. The zero-order chi connectivity index (χ0) is 27.3. The van der Waals surface area contributed by atoms with Gasteiger partial charge < -0.3 is 4.74 Å². The van der Waals surface area contributed by atoms with Crippen LogP contribution >= 0.6 is 0 Å². The van der Waals surface area contributed by atoms with E-state index in [0.29, 0.717) is 5.75 Å². The molecule has 214 valence electrons. The van der Waals surface area contributed by atoms with Gasteiger partial charge in [0.2, 0.25) is 0 Å². The average molecular weight is 533 g/mol. The van der Waals surface area contributed by atoms with E-state index in [-0.39, 0.29) is 11.9 Å². The SMILES string of the molecule is CCCCCC1CCC(CCc2cnc(-c3ccc(OC(=O)C4CCC(CCCCC)CC4)cc3)nc2)CC1. The summed E-state index contributed by atoms with van der Waals surface area (Å²) in [6, 6.07) is 7.67. The summed E-state index contributed by atoms with van der Waals surface area (Å²) in [4.78, 5) is 22.0. The lowest BCUT2D eigenvalue weighted by Crippen LogP contribution is -2.25. The van der Waals surface area contributed by atoms with Gasteiger partial charge in [-0.05, 0) is 86.1 Å². The molecule has 0 radical (unpaired) electrons. The highest BCUT2D eigenvalue weighted by molar-refractivity contribution is 5.75. The largest absolute Gasteiger partial charge is 0.426 e. The molecule has 2 aliphatic rings. The fraction of sp³-hybridized carbons (Fsp3) is 0.686. The van der Waals surface area contributed by atoms with Crippen molar-refractivity contribution in [3.63, 3.8) is 0 Å². The highest BCUT2D eigenvalue weighted by Gasteiger charge is 2.27. The maximum absolute atomic E-state index is 12.7. The van der Waals surface area contributed by atoms with Crippen LogP contribution in [0.2, 0.25) is 0 Å². The first-order valence-corrected chi connectivity index (χ1v) is 16.3. The van der Waals surface area contributed by atoms with Gasteiger partial charge in [-0.1, -0.05) is 90.9 Å². The Bertz CT molecular complexity index is 955. The van der Waals surface area contributed by atoms with E-state index in [1.54, 1.807) is 0 Å². The minimum atomic E-state index is -0.0691. The van der Waals surface area contributed by atoms with E-state index in [2.05, 4.69) is 23.8 Å². The summed E-state index contributed by atoms with van der Waals surface area (Å²) in [6.45, 7) is 4.55. The maximum atomic E-state index is 12.7. The van der Waals surface area contributed by atoms with Crippen molar-refractivity contribution in [1.29, 1.82) is 0 Å². The van der Waals surface area contributed by atoms with Crippen molar-refractivity contribution in [1.82, 2.24) is 9.97 Å². The number of nitrogens with zero attached hydrogens (tertiary/aromatic N) is 2. The van der Waals surface area contributed by atoms with Gasteiger partial charge in [0.1, 0.15) is 5.75 Å². The minimum absolute atomic E-state index is 0.0452. The van der Waals surface area contributed by atoms with Crippen LogP contribution in [0.15, 0.2) is 36.7 Å². The third-order valence-electron chi connectivity index (χ3n) is 9.46. The van der Waals surface area contributed by atoms with E-state index >= 15 is 0 Å². The molecule has 0 atom stereocenters. The number of esters is 1. The number of hydrogen-bond acceptors (Lipinski definition) is 4. The van der Waals surface area contributed by atoms with Crippen LogP contribution in [-0.4, -0.2) is 15.9 Å². The monoisotopic (exact) mass is 532 g/mol. The van der Waals surface area contributed by atoms with Crippen LogP contribution in [0.4, 0.5) is 0 Å². The minimum Gasteiger partial charge on any atom is -0.426 e. The Morgan fingerprint density at radius 2 is 1.23 bits per heavy atom. The van der Waals surface area contributed by atoms with Gasteiger partial charge in [-0.15, -0.1) is 0 Å². The number of hydrogen-bond donors (Lipinski definition) is 0. The van der Waals surface area contributed by atoms with Crippen LogP contribution in [0.3, 0.4) is 0 Å². The maximum Gasteiger partial charge on any atom is 0.314 e. The van der Waals surface area contributed by atoms with Crippen LogP contribution in [0, 0.1) is 23.7 Å². The van der Waals surface area contributed by atoms with Gasteiger partial charge >= 0.3 is 5.97 Å². The molecule has 4 nitrogen and oxygen atoms in total. The van der Waals surface area contributed by atoms with Crippen molar-refractivity contribution in [2.45, 2.75) is 129 Å². The standard InChI is InChI=1S/C35H52N2O2/c1-3-5-7-9-27-11-13-29(14-12-27)15-16-30-25-36-34(37-26-30)31-21-23-33(24-22-31)39-35(38)32-19-17-28(18-20-32)10-8-6-4-2/h21-29,32H,3-20H2,1-2H3. The fourth-order valence-electron chi connectivity index (χ4n) is 6.74. The number of ether oxygens (including phenoxy) is 1. The van der Waals surface area contributed by atoms with Crippen molar-refractivity contribution in [2.75, 3.05) is 0 Å². The van der Waals surface area contributed by atoms with Crippen molar-refractivity contribution < 1.29 is 9.53 Å². The molecule has 0 amide bonds. The van der Waals surface area contributed by atoms with Crippen LogP contribution < -0.4 is 4.74 Å². The summed E-state index contributed by atoms with van der Waals surface area (Å²) >= 11 is 0. The lowest BCUT2D eigenvalue weighted by atomic mass is 9.78. The Morgan fingerprint density at radius 1 is 0.718 bits per heavy atom. The molecule has 1 aromatic heterocycles. The Labute approximate surface area is 237 Å². The molecule has 4 heteroatoms. The van der Waals surface area contributed by atoms with E-state index < -0.39 is 0 Å². The van der Waals surface area contributed by atoms with E-state index in [0.717, 1.165) is 61.2 Å². The van der Waals surface area contributed by atoms with Crippen LogP contribution in [0.1, 0.15) is 129 Å². The van der Waals surface area contributed by atoms with E-state index in [1.807, 2.05) is 36.7 Å². The van der Waals surface area contributed by atoms with Gasteiger partial charge in [-0.3, -0.25) is 4.79 Å². The third-order valence-corrected chi connectivity index (χ3v) is 9.46. The second kappa shape index (κ2) is 16.1. The lowest BCUT2D eigenvalue weighted by molar-refractivity contribution is -0.140. The number of aromatic nitrogens is 2. The Hall–Kier alpha value is -2.23. The second-order valence-electron chi connectivity index (χ2n) is 12.5. The molecule has 2 saturated carbocycles. The quantitative estimate of drug-likeness (QED) is 0.138. The van der Waals surface area contributed by atoms with Crippen molar-refractivity contribution in [3.05, 3.63) is 42.2 Å². The molecule has 1 heterocycles. The summed E-state index contributed by atoms with van der Waals surface area (Å²) in [5.74, 6) is 3.96. The van der Waals surface area contributed by atoms with Crippen LogP contribution in [0.25, 0.3) is 11.4 Å². The molecular formula is C35H52N2O2. The lowest BCUT2D eigenvalue weighted by Gasteiger charge is -2.28. The predicted octanol–water partition coefficient (Wildman–Crippen LogP) is 9.75. The number of carbonyl (C=O) groups excluding carboxylic acids is 1. The average Bonchev–Trinajstić information content (AvgIpc) is 2.98. The summed E-state index contributed by atoms with van der Waals surface area (Å²) in [5, 5.41) is 0. The molecule has 0 aliphatic heterocycles. The molecule has 2 fully saturated rings. The zero-order valence-electron chi connectivity index (χ0n) is 24.7. The number of unbranched alkanes of at least 4 members (excludes halogenated alkanes) is 4. The smallest absolute Gasteiger partial charge is 0.314 e. The summed E-state index contributed by atoms with van der Waals surface area (Å²) in [6.07, 6.45) is 27.1. The summed E-state index contributed by atoms with van der Waals surface area (Å²) in [7, 11) is 0. The fourth-order valence-corrected chi connectivity index (χ4v) is 6.74. The number of benzene rings is 1. The molecule has 0 saturated heterocycles. The van der Waals surface area contributed by atoms with Gasteiger partial charge in [0.25, 0.3) is 0 Å². The molecule has 39 heavy (non-hydrogen) atoms. The number of rotatable bonds is 14. The zero-order valence-corrected chi connectivity index (χ0v) is 24.7. The Kier molecular flexibility index (Phi) is 12.3. The van der Waals surface area contributed by atoms with Crippen molar-refractivity contribution in [2.24, 2.45) is 23.7 Å². The molecule has 2 aromatic rings. The number of carbonyl (C=O) groups is 1. The molecule has 2 aliphatic carbocycles. The first-order valence-electron chi connectivity index (χ1n) is 16.3. The van der Waals surface area contributed by atoms with Gasteiger partial charge in [0, 0.05) is 18.0 Å². The van der Waals surface area contributed by atoms with Gasteiger partial charge in [-0.2, -0.15) is 0 Å². The predicted molar refractivity (Wildman–Crippen MR) is 161 cm³/mol. The first kappa shape index (κ1) is 29.7. The van der Waals surface area contributed by atoms with E-state index in [9.17, 15) is 4.79 Å². The number of aryl methyl sites for hydroxylation is 1. The van der Waals surface area contributed by atoms with Crippen LogP contribution in [-0.2, 0) is 11.2 Å². The highest BCUT2D eigenvalue weighted by Crippen LogP contribution is 2.35. The van der Waals surface area contributed by atoms with Gasteiger partial charge in [0.15, 0.2) is 5.82 Å². The molecule has 0 bridgehead atoms. The molecule has 1 aromatic carbocycles. The van der Waals surface area contributed by atoms with Gasteiger partial charge in [-0.25, -0.2) is 9.97 Å². The first-order chi connectivity index (χ1) is 19.1. The van der Waals surface area contributed by atoms with Gasteiger partial charge in [0.05, 0.1) is 5.92 Å². The molecule has 4 rings (SSSR count). The van der Waals surface area contributed by atoms with E-state index in [1.165, 1.54) is 89.0 Å².